The van der Waals surface area contributed by atoms with Gasteiger partial charge in [0.25, 0.3) is 0 Å². The third-order valence-corrected chi connectivity index (χ3v) is 3.94. The largest absolute Gasteiger partial charge is 0.316 e. The van der Waals surface area contributed by atoms with Crippen molar-refractivity contribution in [2.24, 2.45) is 5.92 Å². The zero-order chi connectivity index (χ0) is 11.8. The van der Waals surface area contributed by atoms with Crippen LogP contribution in [0.4, 0.5) is 0 Å². The lowest BCUT2D eigenvalue weighted by Gasteiger charge is -2.25. The van der Waals surface area contributed by atoms with E-state index in [-0.39, 0.29) is 0 Å². The van der Waals surface area contributed by atoms with Gasteiger partial charge in [0.05, 0.1) is 5.01 Å². The average molecular weight is 240 g/mol. The molecule has 3 heteroatoms. The Balaban J connectivity index is 2.55. The fourth-order valence-electron chi connectivity index (χ4n) is 2.33. The molecule has 0 bridgehead atoms. The summed E-state index contributed by atoms with van der Waals surface area (Å²) in [5, 5.41) is 6.80. The quantitative estimate of drug-likeness (QED) is 0.752. The van der Waals surface area contributed by atoms with Crippen LogP contribution in [0.5, 0.6) is 0 Å². The first-order valence-electron chi connectivity index (χ1n) is 6.37. The second-order valence-corrected chi connectivity index (χ2v) is 5.34. The molecular formula is C13H24N2S. The zero-order valence-electron chi connectivity index (χ0n) is 10.7. The molecule has 0 aliphatic carbocycles. The van der Waals surface area contributed by atoms with Gasteiger partial charge in [0.15, 0.2) is 0 Å². The summed E-state index contributed by atoms with van der Waals surface area (Å²) in [7, 11) is 2.08. The van der Waals surface area contributed by atoms with Gasteiger partial charge in [0.1, 0.15) is 0 Å². The first kappa shape index (κ1) is 13.7. The van der Waals surface area contributed by atoms with E-state index in [1.54, 1.807) is 11.3 Å². The topological polar surface area (TPSA) is 24.9 Å². The zero-order valence-corrected chi connectivity index (χ0v) is 11.5. The van der Waals surface area contributed by atoms with Crippen molar-refractivity contribution < 1.29 is 0 Å². The maximum atomic E-state index is 4.39. The first-order chi connectivity index (χ1) is 7.81. The van der Waals surface area contributed by atoms with Crippen molar-refractivity contribution in [2.75, 3.05) is 7.05 Å². The lowest BCUT2D eigenvalue weighted by molar-refractivity contribution is 0.322. The Kier molecular flexibility index (Phi) is 6.65. The molecule has 0 aliphatic heterocycles. The average Bonchev–Trinajstić information content (AvgIpc) is 2.78. The van der Waals surface area contributed by atoms with Crippen LogP contribution in [0.1, 0.15) is 44.5 Å². The van der Waals surface area contributed by atoms with Crippen molar-refractivity contribution in [2.45, 2.75) is 52.0 Å². The molecule has 92 valence electrons. The minimum absolute atomic E-state index is 0.589. The highest BCUT2D eigenvalue weighted by molar-refractivity contribution is 7.09. The van der Waals surface area contributed by atoms with Gasteiger partial charge in [-0.1, -0.05) is 26.7 Å². The highest BCUT2D eigenvalue weighted by atomic mass is 32.1. The van der Waals surface area contributed by atoms with Gasteiger partial charge in [0.2, 0.25) is 0 Å². The molecule has 0 fully saturated rings. The molecule has 1 heterocycles. The van der Waals surface area contributed by atoms with Gasteiger partial charge >= 0.3 is 0 Å². The SMILES string of the molecule is CCCC(CCC)C(Cc1nccs1)NC. The van der Waals surface area contributed by atoms with Crippen LogP contribution in [0, 0.1) is 5.92 Å². The first-order valence-corrected chi connectivity index (χ1v) is 7.25. The molecule has 0 aromatic carbocycles. The van der Waals surface area contributed by atoms with Gasteiger partial charge in [-0.15, -0.1) is 11.3 Å². The van der Waals surface area contributed by atoms with Gasteiger partial charge < -0.3 is 5.32 Å². The highest BCUT2D eigenvalue weighted by Gasteiger charge is 2.19. The fourth-order valence-corrected chi connectivity index (χ4v) is 3.01. The molecule has 1 rings (SSSR count). The molecule has 1 unspecified atom stereocenters. The number of hydrogen-bond donors (Lipinski definition) is 1. The van der Waals surface area contributed by atoms with Gasteiger partial charge in [-0.3, -0.25) is 0 Å². The van der Waals surface area contributed by atoms with Crippen LogP contribution in [-0.4, -0.2) is 18.1 Å². The standard InChI is InChI=1S/C13H24N2S/c1-4-6-11(7-5-2)12(14-3)10-13-15-8-9-16-13/h8-9,11-12,14H,4-7,10H2,1-3H3. The molecular weight excluding hydrogens is 216 g/mol. The molecule has 1 N–H and O–H groups in total. The summed E-state index contributed by atoms with van der Waals surface area (Å²) >= 11 is 1.77. The summed E-state index contributed by atoms with van der Waals surface area (Å²) in [5.41, 5.74) is 0. The summed E-state index contributed by atoms with van der Waals surface area (Å²) in [6.07, 6.45) is 8.19. The van der Waals surface area contributed by atoms with E-state index in [9.17, 15) is 0 Å². The van der Waals surface area contributed by atoms with Crippen LogP contribution in [0.2, 0.25) is 0 Å². The predicted octanol–water partition coefficient (Wildman–Crippen LogP) is 3.49. The lowest BCUT2D eigenvalue weighted by Crippen LogP contribution is -2.35. The fraction of sp³-hybridized carbons (Fsp3) is 0.769. The van der Waals surface area contributed by atoms with E-state index in [1.165, 1.54) is 30.7 Å². The van der Waals surface area contributed by atoms with Gasteiger partial charge in [-0.05, 0) is 25.8 Å². The Morgan fingerprint density at radius 1 is 1.31 bits per heavy atom. The molecule has 0 spiro atoms. The van der Waals surface area contributed by atoms with Gasteiger partial charge in [0, 0.05) is 24.0 Å². The number of thiazole rings is 1. The number of likely N-dealkylation sites (N-methyl/N-ethyl adjacent to an activating group) is 1. The second kappa shape index (κ2) is 7.80. The molecule has 0 saturated carbocycles. The molecule has 0 radical (unpaired) electrons. The van der Waals surface area contributed by atoms with E-state index in [0.29, 0.717) is 6.04 Å². The van der Waals surface area contributed by atoms with E-state index in [2.05, 4.69) is 36.6 Å². The smallest absolute Gasteiger partial charge is 0.0940 e. The van der Waals surface area contributed by atoms with Crippen molar-refractivity contribution in [3.8, 4) is 0 Å². The monoisotopic (exact) mass is 240 g/mol. The Morgan fingerprint density at radius 3 is 2.44 bits per heavy atom. The minimum Gasteiger partial charge on any atom is -0.316 e. The van der Waals surface area contributed by atoms with E-state index >= 15 is 0 Å². The normalized spacial score (nSPS) is 13.2. The number of rotatable bonds is 8. The van der Waals surface area contributed by atoms with Crippen molar-refractivity contribution in [3.63, 3.8) is 0 Å². The van der Waals surface area contributed by atoms with Crippen LogP contribution in [0.3, 0.4) is 0 Å². The van der Waals surface area contributed by atoms with Crippen LogP contribution in [0.15, 0.2) is 11.6 Å². The maximum Gasteiger partial charge on any atom is 0.0940 e. The molecule has 1 aromatic rings. The molecule has 0 saturated heterocycles. The van der Waals surface area contributed by atoms with Crippen molar-refractivity contribution in [1.82, 2.24) is 10.3 Å². The van der Waals surface area contributed by atoms with E-state index in [0.717, 1.165) is 12.3 Å². The Labute approximate surface area is 103 Å². The van der Waals surface area contributed by atoms with Gasteiger partial charge in [-0.2, -0.15) is 0 Å². The predicted molar refractivity (Wildman–Crippen MR) is 72.0 cm³/mol. The third kappa shape index (κ3) is 4.22. The number of hydrogen-bond acceptors (Lipinski definition) is 3. The van der Waals surface area contributed by atoms with Crippen LogP contribution in [0.25, 0.3) is 0 Å². The van der Waals surface area contributed by atoms with Crippen molar-refractivity contribution >= 4 is 11.3 Å². The lowest BCUT2D eigenvalue weighted by atomic mass is 9.89. The second-order valence-electron chi connectivity index (χ2n) is 4.36. The van der Waals surface area contributed by atoms with E-state index in [1.807, 2.05) is 6.20 Å². The maximum absolute atomic E-state index is 4.39. The summed E-state index contributed by atoms with van der Waals surface area (Å²) in [5.74, 6) is 0.795. The molecule has 0 aliphatic rings. The summed E-state index contributed by atoms with van der Waals surface area (Å²) in [6.45, 7) is 4.55. The Hall–Kier alpha value is -0.410. The number of nitrogens with zero attached hydrogens (tertiary/aromatic N) is 1. The number of nitrogens with one attached hydrogen (secondary N) is 1. The molecule has 1 atom stereocenters. The van der Waals surface area contributed by atoms with Crippen LogP contribution >= 0.6 is 11.3 Å². The van der Waals surface area contributed by atoms with E-state index < -0.39 is 0 Å². The van der Waals surface area contributed by atoms with Crippen LogP contribution in [-0.2, 0) is 6.42 Å². The highest BCUT2D eigenvalue weighted by Crippen LogP contribution is 2.21. The molecule has 16 heavy (non-hydrogen) atoms. The third-order valence-electron chi connectivity index (χ3n) is 3.14. The van der Waals surface area contributed by atoms with Crippen LogP contribution < -0.4 is 5.32 Å². The summed E-state index contributed by atoms with van der Waals surface area (Å²) in [6, 6.07) is 0.589. The molecule has 1 aromatic heterocycles. The minimum atomic E-state index is 0.589. The molecule has 2 nitrogen and oxygen atoms in total. The Bertz CT molecular complexity index is 253. The summed E-state index contributed by atoms with van der Waals surface area (Å²) in [4.78, 5) is 4.39. The van der Waals surface area contributed by atoms with E-state index in [4.69, 9.17) is 0 Å². The summed E-state index contributed by atoms with van der Waals surface area (Å²) < 4.78 is 0. The molecule has 0 amide bonds. The van der Waals surface area contributed by atoms with Crippen molar-refractivity contribution in [1.29, 1.82) is 0 Å². The Morgan fingerprint density at radius 2 is 2.00 bits per heavy atom. The van der Waals surface area contributed by atoms with Crippen molar-refractivity contribution in [3.05, 3.63) is 16.6 Å². The number of aromatic nitrogens is 1. The van der Waals surface area contributed by atoms with Gasteiger partial charge in [-0.25, -0.2) is 4.98 Å².